The van der Waals surface area contributed by atoms with Crippen LogP contribution in [0, 0.1) is 5.41 Å². The minimum atomic E-state index is -3.71. The smallest absolute Gasteiger partial charge is 0.333 e. The van der Waals surface area contributed by atoms with Crippen molar-refractivity contribution in [1.82, 2.24) is 0 Å². The summed E-state index contributed by atoms with van der Waals surface area (Å²) in [7, 11) is -3.71. The fourth-order valence-corrected chi connectivity index (χ4v) is 4.23. The molecule has 6 heteroatoms. The van der Waals surface area contributed by atoms with Gasteiger partial charge < -0.3 is 10.2 Å². The number of sulfone groups is 1. The predicted octanol–water partition coefficient (Wildman–Crippen LogP) is 2.09. The van der Waals surface area contributed by atoms with Gasteiger partial charge in [0.25, 0.3) is 0 Å². The van der Waals surface area contributed by atoms with Crippen LogP contribution in [0.4, 0.5) is 0 Å². The van der Waals surface area contributed by atoms with Gasteiger partial charge in [0.05, 0.1) is 10.6 Å². The topological polar surface area (TPSA) is 91.7 Å². The lowest BCUT2D eigenvalue weighted by molar-refractivity contribution is -0.152. The van der Waals surface area contributed by atoms with Crippen LogP contribution in [-0.2, 0) is 14.6 Å². The predicted molar refractivity (Wildman–Crippen MR) is 83.4 cm³/mol. The Hall–Kier alpha value is -1.92. The number of carboxylic acids is 1. The van der Waals surface area contributed by atoms with E-state index >= 15 is 0 Å². The van der Waals surface area contributed by atoms with Gasteiger partial charge in [-0.2, -0.15) is 0 Å². The number of fused-ring (bicyclic) bond motifs is 1. The lowest BCUT2D eigenvalue weighted by Gasteiger charge is -2.27. The van der Waals surface area contributed by atoms with Gasteiger partial charge in [-0.3, -0.25) is 0 Å². The van der Waals surface area contributed by atoms with E-state index in [1.807, 2.05) is 24.3 Å². The van der Waals surface area contributed by atoms with Crippen molar-refractivity contribution in [3.63, 3.8) is 0 Å². The fourth-order valence-electron chi connectivity index (χ4n) is 2.35. The highest BCUT2D eigenvalue weighted by molar-refractivity contribution is 7.91. The first-order valence-corrected chi connectivity index (χ1v) is 8.41. The summed E-state index contributed by atoms with van der Waals surface area (Å²) in [5.41, 5.74) is -1.30. The maximum Gasteiger partial charge on any atom is 0.333 e. The summed E-state index contributed by atoms with van der Waals surface area (Å²) in [5, 5.41) is 20.3. The Morgan fingerprint density at radius 2 is 1.73 bits per heavy atom. The van der Waals surface area contributed by atoms with Gasteiger partial charge in [-0.25, -0.2) is 13.2 Å². The number of aliphatic carboxylic acids is 1. The normalized spacial score (nSPS) is 14.0. The SMILES string of the molecule is CC(C)(CS(=O)(=O)c1ccc2ccccc2c1)[C@@H](O)C(=O)O. The molecule has 2 N–H and O–H groups in total. The Balaban J connectivity index is 2.38. The fraction of sp³-hybridized carbons (Fsp3) is 0.312. The molecule has 0 aliphatic carbocycles. The third-order valence-corrected chi connectivity index (χ3v) is 5.71. The third-order valence-electron chi connectivity index (χ3n) is 3.62. The number of rotatable bonds is 5. The average molecular weight is 322 g/mol. The maximum absolute atomic E-state index is 12.5. The summed E-state index contributed by atoms with van der Waals surface area (Å²) < 4.78 is 25.0. The zero-order valence-corrected chi connectivity index (χ0v) is 13.2. The Kier molecular flexibility index (Phi) is 4.26. The van der Waals surface area contributed by atoms with Crippen molar-refractivity contribution in [1.29, 1.82) is 0 Å². The van der Waals surface area contributed by atoms with Gasteiger partial charge in [-0.05, 0) is 22.9 Å². The molecule has 0 saturated heterocycles. The first-order valence-electron chi connectivity index (χ1n) is 6.76. The Bertz CT molecular complexity index is 808. The molecule has 0 aliphatic heterocycles. The molecule has 0 bridgehead atoms. The van der Waals surface area contributed by atoms with Crippen molar-refractivity contribution < 1.29 is 23.4 Å². The van der Waals surface area contributed by atoms with E-state index in [1.165, 1.54) is 19.9 Å². The van der Waals surface area contributed by atoms with Crippen molar-refractivity contribution in [3.8, 4) is 0 Å². The Morgan fingerprint density at radius 3 is 2.32 bits per heavy atom. The second kappa shape index (κ2) is 5.70. The molecule has 0 radical (unpaired) electrons. The molecule has 22 heavy (non-hydrogen) atoms. The second-order valence-electron chi connectivity index (χ2n) is 6.00. The highest BCUT2D eigenvalue weighted by Crippen LogP contribution is 2.28. The number of aliphatic hydroxyl groups is 1. The standard InChI is InChI=1S/C16H18O5S/c1-16(2,14(17)15(18)19)10-22(20,21)13-8-7-11-5-3-4-6-12(11)9-13/h3-9,14,17H,10H2,1-2H3,(H,18,19)/t14-/m0/s1. The van der Waals surface area contributed by atoms with Gasteiger partial charge in [-0.15, -0.1) is 0 Å². The van der Waals surface area contributed by atoms with E-state index in [-0.39, 0.29) is 4.90 Å². The van der Waals surface area contributed by atoms with Gasteiger partial charge in [-0.1, -0.05) is 44.2 Å². The summed E-state index contributed by atoms with van der Waals surface area (Å²) in [6, 6.07) is 12.1. The van der Waals surface area contributed by atoms with Crippen LogP contribution in [0.1, 0.15) is 13.8 Å². The van der Waals surface area contributed by atoms with Gasteiger partial charge in [0, 0.05) is 5.41 Å². The molecule has 0 unspecified atom stereocenters. The monoisotopic (exact) mass is 322 g/mol. The highest BCUT2D eigenvalue weighted by Gasteiger charge is 2.38. The van der Waals surface area contributed by atoms with Crippen molar-refractivity contribution in [2.24, 2.45) is 5.41 Å². The van der Waals surface area contributed by atoms with E-state index in [0.29, 0.717) is 0 Å². The maximum atomic E-state index is 12.5. The molecule has 118 valence electrons. The van der Waals surface area contributed by atoms with E-state index in [1.54, 1.807) is 12.1 Å². The average Bonchev–Trinajstić information content (AvgIpc) is 2.44. The summed E-state index contributed by atoms with van der Waals surface area (Å²) >= 11 is 0. The largest absolute Gasteiger partial charge is 0.479 e. The summed E-state index contributed by atoms with van der Waals surface area (Å²) in [4.78, 5) is 11.0. The summed E-state index contributed by atoms with van der Waals surface area (Å²) in [5.74, 6) is -1.88. The molecular formula is C16H18O5S. The Labute approximate surface area is 129 Å². The molecule has 2 rings (SSSR count). The molecule has 0 heterocycles. The highest BCUT2D eigenvalue weighted by atomic mass is 32.2. The van der Waals surface area contributed by atoms with Gasteiger partial charge >= 0.3 is 5.97 Å². The number of aliphatic hydroxyl groups excluding tert-OH is 1. The van der Waals surface area contributed by atoms with Crippen LogP contribution < -0.4 is 0 Å². The number of hydrogen-bond acceptors (Lipinski definition) is 4. The molecule has 2 aromatic carbocycles. The molecule has 2 aromatic rings. The molecule has 0 amide bonds. The molecule has 0 saturated carbocycles. The lowest BCUT2D eigenvalue weighted by atomic mass is 9.89. The van der Waals surface area contributed by atoms with Crippen LogP contribution in [0.25, 0.3) is 10.8 Å². The van der Waals surface area contributed by atoms with E-state index < -0.39 is 33.1 Å². The zero-order valence-electron chi connectivity index (χ0n) is 12.4. The third kappa shape index (κ3) is 3.28. The quantitative estimate of drug-likeness (QED) is 0.879. The number of hydrogen-bond donors (Lipinski definition) is 2. The van der Waals surface area contributed by atoms with E-state index in [4.69, 9.17) is 5.11 Å². The minimum Gasteiger partial charge on any atom is -0.479 e. The van der Waals surface area contributed by atoms with E-state index in [2.05, 4.69) is 0 Å². The summed E-state index contributed by atoms with van der Waals surface area (Å²) in [6.45, 7) is 2.84. The number of carboxylic acid groups (broad SMARTS) is 1. The molecule has 5 nitrogen and oxygen atoms in total. The molecule has 0 fully saturated rings. The first-order chi connectivity index (χ1) is 10.1. The van der Waals surface area contributed by atoms with Crippen molar-refractivity contribution >= 4 is 26.6 Å². The minimum absolute atomic E-state index is 0.122. The van der Waals surface area contributed by atoms with Crippen LogP contribution in [0.2, 0.25) is 0 Å². The van der Waals surface area contributed by atoms with Crippen molar-refractivity contribution in [2.45, 2.75) is 24.8 Å². The van der Waals surface area contributed by atoms with Crippen LogP contribution in [-0.4, -0.2) is 36.5 Å². The molecule has 0 aromatic heterocycles. The number of carbonyl (C=O) groups is 1. The van der Waals surface area contributed by atoms with Crippen molar-refractivity contribution in [2.75, 3.05) is 5.75 Å². The lowest BCUT2D eigenvalue weighted by Crippen LogP contribution is -2.41. The van der Waals surface area contributed by atoms with Gasteiger partial charge in [0.2, 0.25) is 0 Å². The second-order valence-corrected chi connectivity index (χ2v) is 7.99. The molecule has 0 spiro atoms. The summed E-state index contributed by atoms with van der Waals surface area (Å²) in [6.07, 6.45) is -1.75. The zero-order chi connectivity index (χ0) is 16.5. The first kappa shape index (κ1) is 16.5. The van der Waals surface area contributed by atoms with Crippen molar-refractivity contribution in [3.05, 3.63) is 42.5 Å². The van der Waals surface area contributed by atoms with Crippen LogP contribution in [0.3, 0.4) is 0 Å². The van der Waals surface area contributed by atoms with Crippen LogP contribution in [0.15, 0.2) is 47.4 Å². The van der Waals surface area contributed by atoms with Gasteiger partial charge in [0.1, 0.15) is 0 Å². The number of benzene rings is 2. The molecule has 0 aliphatic rings. The molecule has 1 atom stereocenters. The van der Waals surface area contributed by atoms with E-state index in [0.717, 1.165) is 10.8 Å². The molecular weight excluding hydrogens is 304 g/mol. The van der Waals surface area contributed by atoms with Crippen LogP contribution in [0.5, 0.6) is 0 Å². The van der Waals surface area contributed by atoms with E-state index in [9.17, 15) is 18.3 Å². The Morgan fingerprint density at radius 1 is 1.14 bits per heavy atom. The van der Waals surface area contributed by atoms with Gasteiger partial charge in [0.15, 0.2) is 15.9 Å². The van der Waals surface area contributed by atoms with Crippen LogP contribution >= 0.6 is 0 Å².